The minimum atomic E-state index is -3.90. The van der Waals surface area contributed by atoms with Gasteiger partial charge in [-0.3, -0.25) is 4.79 Å². The van der Waals surface area contributed by atoms with Crippen LogP contribution in [-0.4, -0.2) is 37.2 Å². The minimum Gasteiger partial charge on any atom is -0.480 e. The first kappa shape index (κ1) is 16.6. The molecular formula is C13H19NO5S. The molecule has 1 aromatic rings. The summed E-state index contributed by atoms with van der Waals surface area (Å²) in [6.45, 7) is 1.62. The fraction of sp³-hybridized carbons (Fsp3) is 0.462. The Morgan fingerprint density at radius 1 is 1.30 bits per heavy atom. The summed E-state index contributed by atoms with van der Waals surface area (Å²) < 4.78 is 26.1. The van der Waals surface area contributed by atoms with Crippen LogP contribution in [0.4, 0.5) is 0 Å². The van der Waals surface area contributed by atoms with Gasteiger partial charge in [0, 0.05) is 6.61 Å². The Morgan fingerprint density at radius 2 is 1.90 bits per heavy atom. The highest BCUT2D eigenvalue weighted by molar-refractivity contribution is 7.89. The van der Waals surface area contributed by atoms with Crippen molar-refractivity contribution >= 4 is 16.0 Å². The van der Waals surface area contributed by atoms with Crippen molar-refractivity contribution in [1.29, 1.82) is 0 Å². The van der Waals surface area contributed by atoms with Crippen molar-refractivity contribution in [1.82, 2.24) is 4.72 Å². The van der Waals surface area contributed by atoms with Gasteiger partial charge in [0.05, 0.1) is 4.90 Å². The monoisotopic (exact) mass is 301 g/mol. The van der Waals surface area contributed by atoms with Crippen molar-refractivity contribution in [2.45, 2.75) is 37.1 Å². The number of aliphatic carboxylic acids is 1. The lowest BCUT2D eigenvalue weighted by Crippen LogP contribution is -2.41. The highest BCUT2D eigenvalue weighted by Crippen LogP contribution is 2.13. The van der Waals surface area contributed by atoms with Gasteiger partial charge in [-0.05, 0) is 30.5 Å². The van der Waals surface area contributed by atoms with Gasteiger partial charge in [0.2, 0.25) is 10.0 Å². The largest absolute Gasteiger partial charge is 0.480 e. The maximum Gasteiger partial charge on any atom is 0.321 e. The first-order valence-corrected chi connectivity index (χ1v) is 7.84. The molecule has 0 aliphatic heterocycles. The molecule has 6 nitrogen and oxygen atoms in total. The molecule has 0 radical (unpaired) electrons. The summed E-state index contributed by atoms with van der Waals surface area (Å²) in [6, 6.07) is 4.98. The van der Waals surface area contributed by atoms with E-state index in [1.54, 1.807) is 12.1 Å². The summed E-state index contributed by atoms with van der Waals surface area (Å²) in [7, 11) is -3.90. The number of hydrogen-bond acceptors (Lipinski definition) is 4. The van der Waals surface area contributed by atoms with E-state index in [4.69, 9.17) is 10.2 Å². The van der Waals surface area contributed by atoms with E-state index >= 15 is 0 Å². The molecule has 0 aliphatic carbocycles. The number of nitrogens with one attached hydrogen (secondary N) is 1. The molecule has 7 heteroatoms. The number of rotatable bonds is 8. The predicted molar refractivity (Wildman–Crippen MR) is 73.9 cm³/mol. The number of sulfonamides is 1. The van der Waals surface area contributed by atoms with Crippen LogP contribution in [0.25, 0.3) is 0 Å². The first-order chi connectivity index (χ1) is 9.40. The SMILES string of the molecule is CCCc1ccc(S(=O)(=O)NC(CCO)C(=O)O)cc1. The third-order valence-electron chi connectivity index (χ3n) is 2.79. The maximum atomic E-state index is 12.0. The van der Waals surface area contributed by atoms with Crippen LogP contribution in [0.2, 0.25) is 0 Å². The second-order valence-corrected chi connectivity index (χ2v) is 6.13. The smallest absolute Gasteiger partial charge is 0.321 e. The average molecular weight is 301 g/mol. The Morgan fingerprint density at radius 3 is 2.35 bits per heavy atom. The molecule has 3 N–H and O–H groups in total. The zero-order valence-electron chi connectivity index (χ0n) is 11.2. The Kier molecular flexibility index (Phi) is 6.12. The molecule has 0 saturated carbocycles. The van der Waals surface area contributed by atoms with E-state index in [0.717, 1.165) is 18.4 Å². The van der Waals surface area contributed by atoms with E-state index in [2.05, 4.69) is 4.72 Å². The van der Waals surface area contributed by atoms with E-state index in [1.807, 2.05) is 6.92 Å². The average Bonchev–Trinajstić information content (AvgIpc) is 2.39. The molecule has 1 atom stereocenters. The van der Waals surface area contributed by atoms with Crippen LogP contribution in [0.15, 0.2) is 29.2 Å². The Hall–Kier alpha value is -1.44. The quantitative estimate of drug-likeness (QED) is 0.657. The van der Waals surface area contributed by atoms with Gasteiger partial charge in [-0.25, -0.2) is 8.42 Å². The fourth-order valence-corrected chi connectivity index (χ4v) is 2.96. The number of hydrogen-bond donors (Lipinski definition) is 3. The molecule has 20 heavy (non-hydrogen) atoms. The topological polar surface area (TPSA) is 104 Å². The lowest BCUT2D eigenvalue weighted by atomic mass is 10.1. The van der Waals surface area contributed by atoms with Crippen molar-refractivity contribution in [3.63, 3.8) is 0 Å². The second kappa shape index (κ2) is 7.37. The highest BCUT2D eigenvalue weighted by Gasteiger charge is 2.24. The van der Waals surface area contributed by atoms with E-state index in [0.29, 0.717) is 0 Å². The Balaban J connectivity index is 2.89. The molecule has 0 heterocycles. The number of carbonyl (C=O) groups is 1. The van der Waals surface area contributed by atoms with Crippen LogP contribution in [-0.2, 0) is 21.2 Å². The minimum absolute atomic E-state index is 0.0153. The summed E-state index contributed by atoms with van der Waals surface area (Å²) >= 11 is 0. The van der Waals surface area contributed by atoms with Crippen LogP contribution in [0, 0.1) is 0 Å². The summed E-state index contributed by atoms with van der Waals surface area (Å²) in [4.78, 5) is 10.9. The highest BCUT2D eigenvalue weighted by atomic mass is 32.2. The lowest BCUT2D eigenvalue weighted by Gasteiger charge is -2.13. The maximum absolute atomic E-state index is 12.0. The summed E-state index contributed by atoms with van der Waals surface area (Å²) in [5.74, 6) is -1.31. The zero-order valence-corrected chi connectivity index (χ0v) is 12.1. The molecule has 1 unspecified atom stereocenters. The standard InChI is InChI=1S/C13H19NO5S/c1-2-3-10-4-6-11(7-5-10)20(18,19)14-12(8-9-15)13(16)17/h4-7,12,14-15H,2-3,8-9H2,1H3,(H,16,17). The summed E-state index contributed by atoms with van der Waals surface area (Å²) in [6.07, 6.45) is 1.64. The fourth-order valence-electron chi connectivity index (χ4n) is 1.74. The molecule has 0 aromatic heterocycles. The third-order valence-corrected chi connectivity index (χ3v) is 4.27. The number of aryl methyl sites for hydroxylation is 1. The molecular weight excluding hydrogens is 282 g/mol. The number of carboxylic acid groups (broad SMARTS) is 1. The van der Waals surface area contributed by atoms with Crippen LogP contribution in [0.3, 0.4) is 0 Å². The molecule has 0 saturated heterocycles. The van der Waals surface area contributed by atoms with E-state index in [9.17, 15) is 13.2 Å². The number of carboxylic acids is 1. The Bertz CT molecular complexity index is 538. The van der Waals surface area contributed by atoms with Crippen LogP contribution in [0.1, 0.15) is 25.3 Å². The Labute approximate surface area is 118 Å². The van der Waals surface area contributed by atoms with Gasteiger partial charge < -0.3 is 10.2 Å². The molecule has 0 amide bonds. The van der Waals surface area contributed by atoms with Gasteiger partial charge in [0.25, 0.3) is 0 Å². The lowest BCUT2D eigenvalue weighted by molar-refractivity contribution is -0.139. The van der Waals surface area contributed by atoms with Gasteiger partial charge >= 0.3 is 5.97 Å². The van der Waals surface area contributed by atoms with Gasteiger partial charge in [0.15, 0.2) is 0 Å². The van der Waals surface area contributed by atoms with Crippen LogP contribution >= 0.6 is 0 Å². The number of aliphatic hydroxyl groups excluding tert-OH is 1. The molecule has 0 aliphatic rings. The van der Waals surface area contributed by atoms with Crippen molar-refractivity contribution in [2.75, 3.05) is 6.61 Å². The van der Waals surface area contributed by atoms with Crippen molar-refractivity contribution in [2.24, 2.45) is 0 Å². The van der Waals surface area contributed by atoms with Crippen molar-refractivity contribution < 1.29 is 23.4 Å². The van der Waals surface area contributed by atoms with Gasteiger partial charge in [-0.1, -0.05) is 25.5 Å². The predicted octanol–water partition coefficient (Wildman–Crippen LogP) is 0.753. The first-order valence-electron chi connectivity index (χ1n) is 6.35. The molecule has 0 bridgehead atoms. The van der Waals surface area contributed by atoms with Crippen LogP contribution in [0.5, 0.6) is 0 Å². The van der Waals surface area contributed by atoms with E-state index < -0.39 is 28.6 Å². The van der Waals surface area contributed by atoms with Crippen molar-refractivity contribution in [3.05, 3.63) is 29.8 Å². The second-order valence-electron chi connectivity index (χ2n) is 4.42. The molecule has 112 valence electrons. The van der Waals surface area contributed by atoms with Gasteiger partial charge in [-0.15, -0.1) is 0 Å². The number of aliphatic hydroxyl groups is 1. The number of benzene rings is 1. The molecule has 1 rings (SSSR count). The van der Waals surface area contributed by atoms with Gasteiger partial charge in [-0.2, -0.15) is 4.72 Å². The van der Waals surface area contributed by atoms with E-state index in [1.165, 1.54) is 12.1 Å². The normalized spacial score (nSPS) is 13.1. The molecule has 1 aromatic carbocycles. The van der Waals surface area contributed by atoms with Crippen LogP contribution < -0.4 is 4.72 Å². The molecule has 0 spiro atoms. The van der Waals surface area contributed by atoms with Gasteiger partial charge in [0.1, 0.15) is 6.04 Å². The third kappa shape index (κ3) is 4.59. The van der Waals surface area contributed by atoms with E-state index in [-0.39, 0.29) is 11.3 Å². The molecule has 0 fully saturated rings. The summed E-state index contributed by atoms with van der Waals surface area (Å²) in [5, 5.41) is 17.6. The van der Waals surface area contributed by atoms with Crippen molar-refractivity contribution in [3.8, 4) is 0 Å². The zero-order chi connectivity index (χ0) is 15.2. The summed E-state index contributed by atoms with van der Waals surface area (Å²) in [5.41, 5.74) is 1.02.